The Morgan fingerprint density at radius 3 is 2.38 bits per heavy atom. The molecule has 0 unspecified atom stereocenters. The molecule has 1 aromatic rings. The topological polar surface area (TPSA) is 79.5 Å². The summed E-state index contributed by atoms with van der Waals surface area (Å²) in [5, 5.41) is 19.1. The van der Waals surface area contributed by atoms with Gasteiger partial charge in [-0.15, -0.1) is 0 Å². The molecule has 0 bridgehead atoms. The van der Waals surface area contributed by atoms with Gasteiger partial charge in [0.1, 0.15) is 0 Å². The number of nitrogens with zero attached hydrogens (tertiary/aromatic N) is 1. The number of ether oxygens (including phenoxy) is 2. The van der Waals surface area contributed by atoms with Crippen LogP contribution in [0.4, 0.5) is 0 Å². The molecule has 0 amide bonds. The van der Waals surface area contributed by atoms with E-state index in [1.807, 2.05) is 18.2 Å². The molecule has 0 radical (unpaired) electrons. The normalized spacial score (nSPS) is 25.8. The van der Waals surface area contributed by atoms with Gasteiger partial charge < -0.3 is 14.6 Å². The molecule has 26 heavy (non-hydrogen) atoms. The molecule has 0 aromatic heterocycles. The zero-order valence-electron chi connectivity index (χ0n) is 14.7. The first-order valence-corrected chi connectivity index (χ1v) is 9.07. The summed E-state index contributed by atoms with van der Waals surface area (Å²) in [6, 6.07) is 8.18. The fraction of sp³-hybridized carbons (Fsp3) is 0.600. The summed E-state index contributed by atoms with van der Waals surface area (Å²) in [6.07, 6.45) is 6.89. The van der Waals surface area contributed by atoms with Crippen molar-refractivity contribution in [2.24, 2.45) is 5.92 Å². The zero-order valence-corrected chi connectivity index (χ0v) is 14.7. The van der Waals surface area contributed by atoms with Crippen molar-refractivity contribution in [3.05, 3.63) is 23.8 Å². The summed E-state index contributed by atoms with van der Waals surface area (Å²) in [7, 11) is 1.62. The van der Waals surface area contributed by atoms with Crippen molar-refractivity contribution < 1.29 is 19.4 Å². The molecule has 136 valence electrons. The molecule has 2 saturated carbocycles. The van der Waals surface area contributed by atoms with Crippen molar-refractivity contribution in [3.8, 4) is 17.6 Å². The van der Waals surface area contributed by atoms with Gasteiger partial charge in [-0.1, -0.05) is 6.07 Å². The average Bonchev–Trinajstić information content (AvgIpc) is 3.14. The van der Waals surface area contributed by atoms with Gasteiger partial charge in [0.25, 0.3) is 0 Å². The van der Waals surface area contributed by atoms with Crippen molar-refractivity contribution in [2.75, 3.05) is 7.11 Å². The maximum atomic E-state index is 11.2. The predicted molar refractivity (Wildman–Crippen MR) is 99.9 cm³/mol. The van der Waals surface area contributed by atoms with E-state index in [0.717, 1.165) is 18.4 Å². The Balaban J connectivity index is 0.00000243. The number of hydrogen-bond donors (Lipinski definition) is 1. The van der Waals surface area contributed by atoms with Crippen LogP contribution in [0, 0.1) is 17.2 Å². The van der Waals surface area contributed by atoms with Gasteiger partial charge in [0, 0.05) is 0 Å². The minimum absolute atomic E-state index is 0. The van der Waals surface area contributed by atoms with E-state index in [9.17, 15) is 15.2 Å². The Morgan fingerprint density at radius 2 is 1.85 bits per heavy atom. The molecule has 2 aliphatic carbocycles. The van der Waals surface area contributed by atoms with Crippen molar-refractivity contribution in [2.45, 2.75) is 62.9 Å². The number of carboxylic acids is 1. The summed E-state index contributed by atoms with van der Waals surface area (Å²) >= 11 is 0. The van der Waals surface area contributed by atoms with Crippen LogP contribution in [0.25, 0.3) is 0 Å². The second-order valence-electron chi connectivity index (χ2n) is 7.20. The van der Waals surface area contributed by atoms with Crippen LogP contribution in [0.1, 0.15) is 56.9 Å². The molecule has 0 spiro atoms. The number of methoxy groups -OCH3 is 1. The SMILES string of the molecule is COc1ccc([C@]2(C#N)CC[C@@H](C(=O)O)CC2)cc1OC1CCCC1.[NaH]. The van der Waals surface area contributed by atoms with E-state index in [2.05, 4.69) is 6.07 Å². The number of aliphatic carboxylic acids is 1. The van der Waals surface area contributed by atoms with Crippen LogP contribution in [0.15, 0.2) is 18.2 Å². The Labute approximate surface area is 177 Å². The standard InChI is InChI=1S/C20H25NO4.Na.H/c1-24-17-7-6-15(12-18(17)25-16-4-2-3-5-16)20(13-21)10-8-14(9-11-20)19(22)23;;/h6-7,12,14,16H,2-5,8-11H2,1H3,(H,22,23);;/t14-,20-;;. The monoisotopic (exact) mass is 367 g/mol. The third-order valence-corrected chi connectivity index (χ3v) is 5.71. The van der Waals surface area contributed by atoms with Crippen molar-refractivity contribution in [3.63, 3.8) is 0 Å². The molecule has 3 rings (SSSR count). The van der Waals surface area contributed by atoms with Gasteiger partial charge in [0.2, 0.25) is 0 Å². The summed E-state index contributed by atoms with van der Waals surface area (Å²) < 4.78 is 11.6. The zero-order chi connectivity index (χ0) is 17.9. The third-order valence-electron chi connectivity index (χ3n) is 5.71. The van der Waals surface area contributed by atoms with Gasteiger partial charge in [-0.3, -0.25) is 4.79 Å². The molecule has 5 nitrogen and oxygen atoms in total. The number of hydrogen-bond acceptors (Lipinski definition) is 4. The molecular formula is C20H26NNaO4. The van der Waals surface area contributed by atoms with E-state index in [0.29, 0.717) is 37.2 Å². The Hall–Kier alpha value is -1.22. The van der Waals surface area contributed by atoms with Gasteiger partial charge in [0.05, 0.1) is 30.6 Å². The fourth-order valence-electron chi connectivity index (χ4n) is 4.07. The first kappa shape index (κ1) is 21.1. The van der Waals surface area contributed by atoms with Crippen LogP contribution in [0.2, 0.25) is 0 Å². The van der Waals surface area contributed by atoms with Gasteiger partial charge in [-0.2, -0.15) is 5.26 Å². The van der Waals surface area contributed by atoms with Gasteiger partial charge in [-0.25, -0.2) is 0 Å². The molecule has 1 aromatic carbocycles. The van der Waals surface area contributed by atoms with Crippen LogP contribution in [-0.2, 0) is 10.2 Å². The van der Waals surface area contributed by atoms with Crippen LogP contribution in [0.3, 0.4) is 0 Å². The summed E-state index contributed by atoms with van der Waals surface area (Å²) in [5.41, 5.74) is 0.277. The molecule has 6 heteroatoms. The number of rotatable bonds is 5. The molecule has 1 N–H and O–H groups in total. The molecule has 2 fully saturated rings. The molecule has 0 saturated heterocycles. The first-order chi connectivity index (χ1) is 12.1. The van der Waals surface area contributed by atoms with Gasteiger partial charge in [-0.05, 0) is 69.1 Å². The number of carbonyl (C=O) groups is 1. The molecule has 0 heterocycles. The van der Waals surface area contributed by atoms with E-state index in [-0.39, 0.29) is 41.6 Å². The maximum absolute atomic E-state index is 11.2. The van der Waals surface area contributed by atoms with E-state index < -0.39 is 11.4 Å². The van der Waals surface area contributed by atoms with E-state index in [4.69, 9.17) is 9.47 Å². The van der Waals surface area contributed by atoms with Crippen LogP contribution in [0.5, 0.6) is 11.5 Å². The van der Waals surface area contributed by atoms with Crippen molar-refractivity contribution in [1.82, 2.24) is 0 Å². The third kappa shape index (κ3) is 4.36. The van der Waals surface area contributed by atoms with Gasteiger partial charge in [0.15, 0.2) is 11.5 Å². The summed E-state index contributed by atoms with van der Waals surface area (Å²) in [4.78, 5) is 11.2. The molecule has 0 aliphatic heterocycles. The van der Waals surface area contributed by atoms with Crippen LogP contribution >= 0.6 is 0 Å². The van der Waals surface area contributed by atoms with E-state index in [1.165, 1.54) is 12.8 Å². The number of benzene rings is 1. The Kier molecular flexibility index (Phi) is 7.40. The fourth-order valence-corrected chi connectivity index (χ4v) is 4.07. The van der Waals surface area contributed by atoms with Crippen molar-refractivity contribution >= 4 is 35.5 Å². The second kappa shape index (κ2) is 9.12. The molecular weight excluding hydrogens is 341 g/mol. The van der Waals surface area contributed by atoms with Crippen molar-refractivity contribution in [1.29, 1.82) is 5.26 Å². The molecule has 2 aliphatic rings. The Bertz CT molecular complexity index is 671. The minimum atomic E-state index is -0.758. The first-order valence-electron chi connectivity index (χ1n) is 9.07. The number of nitriles is 1. The van der Waals surface area contributed by atoms with Crippen LogP contribution in [-0.4, -0.2) is 53.8 Å². The van der Waals surface area contributed by atoms with E-state index in [1.54, 1.807) is 7.11 Å². The average molecular weight is 367 g/mol. The second-order valence-corrected chi connectivity index (χ2v) is 7.20. The Morgan fingerprint density at radius 1 is 1.19 bits per heavy atom. The summed E-state index contributed by atoms with van der Waals surface area (Å²) in [6.45, 7) is 0. The quantitative estimate of drug-likeness (QED) is 0.807. The predicted octanol–water partition coefficient (Wildman–Crippen LogP) is 3.40. The summed E-state index contributed by atoms with van der Waals surface area (Å²) in [5.74, 6) is 0.283. The number of carboxylic acid groups (broad SMARTS) is 1. The van der Waals surface area contributed by atoms with Crippen LogP contribution < -0.4 is 9.47 Å². The van der Waals surface area contributed by atoms with Gasteiger partial charge >= 0.3 is 35.5 Å². The molecule has 0 atom stereocenters. The van der Waals surface area contributed by atoms with E-state index >= 15 is 0 Å².